The van der Waals surface area contributed by atoms with Gasteiger partial charge in [0.25, 0.3) is 5.91 Å². The molecule has 0 bridgehead atoms. The summed E-state index contributed by atoms with van der Waals surface area (Å²) in [6.45, 7) is 5.35. The Morgan fingerprint density at radius 3 is 2.55 bits per heavy atom. The Bertz CT molecular complexity index is 923. The van der Waals surface area contributed by atoms with E-state index in [-0.39, 0.29) is 12.3 Å². The van der Waals surface area contributed by atoms with Crippen LogP contribution in [0.1, 0.15) is 56.5 Å². The molecule has 31 heavy (non-hydrogen) atoms. The Morgan fingerprint density at radius 2 is 1.97 bits per heavy atom. The van der Waals surface area contributed by atoms with Crippen LogP contribution in [0.5, 0.6) is 0 Å². The van der Waals surface area contributed by atoms with Crippen molar-refractivity contribution in [2.24, 2.45) is 0 Å². The van der Waals surface area contributed by atoms with Gasteiger partial charge in [-0.2, -0.15) is 4.58 Å². The van der Waals surface area contributed by atoms with Gasteiger partial charge < -0.3 is 10.1 Å². The summed E-state index contributed by atoms with van der Waals surface area (Å²) in [5.41, 5.74) is 0.393. The lowest BCUT2D eigenvalue weighted by atomic mass is 9.99. The first-order valence-electron chi connectivity index (χ1n) is 10.0. The summed E-state index contributed by atoms with van der Waals surface area (Å²) in [5.74, 6) is -2.71. The molecule has 1 heterocycles. The lowest BCUT2D eigenvalue weighted by molar-refractivity contribution is -0.456. The number of carbonyl (C=O) groups excluding carboxylic acids is 4. The minimum atomic E-state index is -1.38. The van der Waals surface area contributed by atoms with Gasteiger partial charge in [-0.05, 0) is 44.5 Å². The molecule has 1 unspecified atom stereocenters. The van der Waals surface area contributed by atoms with Crippen molar-refractivity contribution in [3.05, 3.63) is 34.3 Å². The van der Waals surface area contributed by atoms with Crippen molar-refractivity contribution in [1.82, 2.24) is 5.32 Å². The maximum absolute atomic E-state index is 13.0. The van der Waals surface area contributed by atoms with Crippen LogP contribution in [0.2, 0.25) is 5.02 Å². The number of hydrogen-bond donors (Lipinski definition) is 1. The first-order chi connectivity index (χ1) is 14.5. The molecular weight excluding hydrogens is 427 g/mol. The molecule has 1 N–H and O–H groups in total. The summed E-state index contributed by atoms with van der Waals surface area (Å²) < 4.78 is 19.5. The molecule has 0 radical (unpaired) electrons. The number of amides is 2. The van der Waals surface area contributed by atoms with Crippen LogP contribution in [0.15, 0.2) is 18.2 Å². The number of nitrogens with zero attached hydrogens (tertiary/aromatic N) is 1. The Balaban J connectivity index is 2.19. The first-order valence-corrected chi connectivity index (χ1v) is 10.4. The molecule has 168 valence electrons. The van der Waals surface area contributed by atoms with E-state index in [4.69, 9.17) is 16.3 Å². The second-order valence-electron chi connectivity index (χ2n) is 8.28. The van der Waals surface area contributed by atoms with E-state index in [1.54, 1.807) is 52.1 Å². The monoisotopic (exact) mass is 453 g/mol. The van der Waals surface area contributed by atoms with Crippen molar-refractivity contribution in [2.45, 2.75) is 64.6 Å². The zero-order valence-corrected chi connectivity index (χ0v) is 18.8. The van der Waals surface area contributed by atoms with Gasteiger partial charge in [0.15, 0.2) is 12.0 Å². The van der Waals surface area contributed by atoms with Crippen molar-refractivity contribution in [1.29, 1.82) is 0 Å². The number of alkyl halides is 1. The number of hydrogen-bond acceptors (Lipinski definition) is 5. The Hall–Kier alpha value is -2.61. The molecule has 0 spiro atoms. The average molecular weight is 454 g/mol. The number of Topliss-reactive ketones (excluding diaryl/α,β-unsaturated/α-hetero) is 1. The molecular formula is C22H27ClFN2O5+. The van der Waals surface area contributed by atoms with E-state index in [0.29, 0.717) is 17.0 Å². The minimum absolute atomic E-state index is 0.250. The van der Waals surface area contributed by atoms with Crippen LogP contribution in [0.3, 0.4) is 0 Å². The molecule has 0 saturated carbocycles. The zero-order valence-electron chi connectivity index (χ0n) is 18.0. The topological polar surface area (TPSA) is 92.6 Å². The summed E-state index contributed by atoms with van der Waals surface area (Å²) in [5, 5.41) is 2.93. The molecule has 0 aromatic heterocycles. The fraction of sp³-hybridized carbons (Fsp3) is 0.500. The van der Waals surface area contributed by atoms with Gasteiger partial charge in [-0.15, -0.1) is 0 Å². The van der Waals surface area contributed by atoms with E-state index in [9.17, 15) is 23.6 Å². The number of carbonyl (C=O) groups is 4. The smallest absolute Gasteiger partial charge is 0.420 e. The summed E-state index contributed by atoms with van der Waals surface area (Å²) in [4.78, 5) is 49.9. The van der Waals surface area contributed by atoms with Crippen molar-refractivity contribution in [3.63, 3.8) is 0 Å². The fourth-order valence-corrected chi connectivity index (χ4v) is 3.49. The van der Waals surface area contributed by atoms with Crippen LogP contribution < -0.4 is 5.32 Å². The molecule has 0 aliphatic carbocycles. The Morgan fingerprint density at radius 1 is 1.29 bits per heavy atom. The van der Waals surface area contributed by atoms with Crippen LogP contribution in [-0.4, -0.2) is 58.7 Å². The normalized spacial score (nSPS) is 15.4. The van der Waals surface area contributed by atoms with Crippen molar-refractivity contribution in [3.8, 4) is 0 Å². The van der Waals surface area contributed by atoms with Gasteiger partial charge in [-0.1, -0.05) is 18.5 Å². The van der Waals surface area contributed by atoms with E-state index in [0.717, 1.165) is 5.56 Å². The van der Waals surface area contributed by atoms with Crippen LogP contribution in [0.4, 0.5) is 4.39 Å². The first kappa shape index (κ1) is 24.7. The van der Waals surface area contributed by atoms with Gasteiger partial charge in [0.1, 0.15) is 18.3 Å². The third kappa shape index (κ3) is 6.43. The van der Waals surface area contributed by atoms with Crippen LogP contribution in [-0.2, 0) is 25.5 Å². The summed E-state index contributed by atoms with van der Waals surface area (Å²) in [6, 6.07) is 2.58. The zero-order chi connectivity index (χ0) is 23.3. The third-order valence-corrected chi connectivity index (χ3v) is 4.93. The summed E-state index contributed by atoms with van der Waals surface area (Å²) in [6.07, 6.45) is 1.74. The molecule has 1 aromatic rings. The van der Waals surface area contributed by atoms with Gasteiger partial charge in [-0.3, -0.25) is 14.4 Å². The van der Waals surface area contributed by atoms with E-state index in [2.05, 4.69) is 5.32 Å². The number of esters is 1. The molecule has 9 heteroatoms. The maximum Gasteiger partial charge on any atom is 0.420 e. The van der Waals surface area contributed by atoms with E-state index in [1.807, 2.05) is 0 Å². The van der Waals surface area contributed by atoms with Crippen molar-refractivity contribution >= 4 is 41.4 Å². The predicted octanol–water partition coefficient (Wildman–Crippen LogP) is 2.65. The van der Waals surface area contributed by atoms with E-state index >= 15 is 0 Å². The highest BCUT2D eigenvalue weighted by atomic mass is 35.5. The molecule has 1 aliphatic rings. The average Bonchev–Trinajstić information content (AvgIpc) is 2.67. The molecule has 1 aliphatic heterocycles. The third-order valence-electron chi connectivity index (χ3n) is 4.69. The highest BCUT2D eigenvalue weighted by Gasteiger charge is 2.39. The maximum atomic E-state index is 13.0. The number of halogens is 2. The van der Waals surface area contributed by atoms with Crippen molar-refractivity contribution < 1.29 is 32.9 Å². The molecule has 7 nitrogen and oxygen atoms in total. The SMILES string of the molecule is CC[C@@H](C(=O)NC(CC(=O)OC(C)(C)C)C(=O)CF)[N+]1=CCc2cc(Cl)ccc2C1=O. The highest BCUT2D eigenvalue weighted by molar-refractivity contribution is 6.30. The van der Waals surface area contributed by atoms with Gasteiger partial charge in [0, 0.05) is 11.4 Å². The van der Waals surface area contributed by atoms with Gasteiger partial charge in [0.05, 0.1) is 18.4 Å². The molecule has 2 atom stereocenters. The fourth-order valence-electron chi connectivity index (χ4n) is 3.29. The van der Waals surface area contributed by atoms with Gasteiger partial charge in [0.2, 0.25) is 6.04 Å². The lowest BCUT2D eigenvalue weighted by Crippen LogP contribution is -2.52. The van der Waals surface area contributed by atoms with Gasteiger partial charge in [-0.25, -0.2) is 9.18 Å². The Kier molecular flexibility index (Phi) is 8.06. The number of benzene rings is 1. The largest absolute Gasteiger partial charge is 0.460 e. The predicted molar refractivity (Wildman–Crippen MR) is 113 cm³/mol. The number of fused-ring (bicyclic) bond motifs is 1. The van der Waals surface area contributed by atoms with Crippen molar-refractivity contribution in [2.75, 3.05) is 6.67 Å². The second kappa shape index (κ2) is 10.1. The molecule has 0 saturated heterocycles. The molecule has 2 amide bonds. The molecule has 1 aromatic carbocycles. The molecule has 2 rings (SSSR count). The minimum Gasteiger partial charge on any atom is -0.460 e. The standard InChI is InChI=1S/C22H26ClFN2O5/c1-5-17(26-9-8-13-10-14(23)6-7-15(13)21(26)30)20(29)25-16(18(27)12-24)11-19(28)31-22(2,3)4/h6-7,9-10,16-17H,5,8,11-12H2,1-4H3/p+1/t16?,17-/m0/s1. The quantitative estimate of drug-likeness (QED) is 0.482. The van der Waals surface area contributed by atoms with E-state index < -0.39 is 48.4 Å². The number of ketones is 1. The van der Waals surface area contributed by atoms with Gasteiger partial charge >= 0.3 is 11.9 Å². The van der Waals surface area contributed by atoms with Crippen LogP contribution >= 0.6 is 11.6 Å². The summed E-state index contributed by atoms with van der Waals surface area (Å²) >= 11 is 5.98. The highest BCUT2D eigenvalue weighted by Crippen LogP contribution is 2.21. The lowest BCUT2D eigenvalue weighted by Gasteiger charge is -2.23. The number of rotatable bonds is 8. The number of ether oxygens (including phenoxy) is 1. The number of nitrogens with one attached hydrogen (secondary N) is 1. The van der Waals surface area contributed by atoms with Crippen LogP contribution in [0, 0.1) is 0 Å². The Labute approximate surface area is 185 Å². The summed E-state index contributed by atoms with van der Waals surface area (Å²) in [7, 11) is 0. The van der Waals surface area contributed by atoms with E-state index in [1.165, 1.54) is 4.58 Å². The molecule has 0 fully saturated rings. The second-order valence-corrected chi connectivity index (χ2v) is 8.71. The van der Waals surface area contributed by atoms with Crippen LogP contribution in [0.25, 0.3) is 0 Å².